The van der Waals surface area contributed by atoms with Crippen LogP contribution in [-0.2, 0) is 19.4 Å². The van der Waals surface area contributed by atoms with Crippen LogP contribution in [0.15, 0.2) is 36.5 Å². The van der Waals surface area contributed by atoms with E-state index in [2.05, 4.69) is 53.6 Å². The van der Waals surface area contributed by atoms with E-state index in [9.17, 15) is 4.79 Å². The predicted octanol–water partition coefficient (Wildman–Crippen LogP) is 3.27. The molecule has 5 heteroatoms. The third-order valence-corrected chi connectivity index (χ3v) is 5.31. The number of fused-ring (bicyclic) bond motifs is 5. The van der Waals surface area contributed by atoms with E-state index < -0.39 is 0 Å². The van der Waals surface area contributed by atoms with Crippen LogP contribution in [0.2, 0.25) is 0 Å². The zero-order valence-electron chi connectivity index (χ0n) is 15.2. The summed E-state index contributed by atoms with van der Waals surface area (Å²) in [5.74, 6) is -0.00741. The quantitative estimate of drug-likeness (QED) is 0.767. The minimum Gasteiger partial charge on any atom is -0.349 e. The third-order valence-electron chi connectivity index (χ3n) is 5.31. The smallest absolute Gasteiger partial charge is 0.269 e. The lowest BCUT2D eigenvalue weighted by molar-refractivity contribution is 0.0923. The normalized spacial score (nSPS) is 15.2. The Balaban J connectivity index is 1.53. The Morgan fingerprint density at radius 3 is 2.85 bits per heavy atom. The molecule has 27 heavy (non-hydrogen) atoms. The molecule has 3 heterocycles. The molecule has 0 spiro atoms. The van der Waals surface area contributed by atoms with E-state index in [0.29, 0.717) is 6.54 Å². The lowest BCUT2D eigenvalue weighted by Gasteiger charge is -2.17. The summed E-state index contributed by atoms with van der Waals surface area (Å²) in [5.41, 5.74) is 8.34. The number of hydrogen-bond acceptors (Lipinski definition) is 3. The van der Waals surface area contributed by atoms with Crippen molar-refractivity contribution in [1.29, 1.82) is 0 Å². The molecule has 2 aromatic heterocycles. The van der Waals surface area contributed by atoms with Crippen molar-refractivity contribution in [1.82, 2.24) is 20.1 Å². The van der Waals surface area contributed by atoms with Gasteiger partial charge in [-0.3, -0.25) is 14.5 Å². The van der Waals surface area contributed by atoms with Crippen molar-refractivity contribution in [2.45, 2.75) is 26.3 Å². The molecule has 0 fully saturated rings. The summed E-state index contributed by atoms with van der Waals surface area (Å²) in [6, 6.07) is 10.5. The number of amides is 1. The number of aryl methyl sites for hydroxylation is 2. The minimum absolute atomic E-state index is 0.00741. The molecule has 1 amide bonds. The molecular weight excluding hydrogens is 336 g/mol. The number of benzene rings is 1. The lowest BCUT2D eigenvalue weighted by Crippen LogP contribution is -2.36. The molecule has 3 aromatic rings. The van der Waals surface area contributed by atoms with E-state index in [0.717, 1.165) is 53.2 Å². The lowest BCUT2D eigenvalue weighted by atomic mass is 9.89. The van der Waals surface area contributed by atoms with Crippen LogP contribution < -0.4 is 5.32 Å². The molecular formula is C22H20N4O. The van der Waals surface area contributed by atoms with Crippen molar-refractivity contribution in [2.75, 3.05) is 6.54 Å². The fraction of sp³-hybridized carbons (Fsp3) is 0.227. The van der Waals surface area contributed by atoms with Gasteiger partial charge >= 0.3 is 0 Å². The van der Waals surface area contributed by atoms with Gasteiger partial charge in [0.2, 0.25) is 0 Å². The number of pyridine rings is 1. The van der Waals surface area contributed by atoms with E-state index in [4.69, 9.17) is 5.10 Å². The first-order valence-electron chi connectivity index (χ1n) is 9.31. The molecule has 1 N–H and O–H groups in total. The molecule has 0 saturated carbocycles. The van der Waals surface area contributed by atoms with Gasteiger partial charge in [-0.2, -0.15) is 5.10 Å². The molecule has 134 valence electrons. The monoisotopic (exact) mass is 356 g/mol. The fourth-order valence-corrected chi connectivity index (χ4v) is 3.86. The molecule has 5 rings (SSSR count). The van der Waals surface area contributed by atoms with E-state index in [1.165, 1.54) is 11.1 Å². The highest BCUT2D eigenvalue weighted by Crippen LogP contribution is 2.35. The Morgan fingerprint density at radius 1 is 1.15 bits per heavy atom. The van der Waals surface area contributed by atoms with Crippen LogP contribution in [0.5, 0.6) is 0 Å². The number of rotatable bonds is 2. The number of carbonyl (C=O) groups is 1. The zero-order valence-corrected chi connectivity index (χ0v) is 15.2. The van der Waals surface area contributed by atoms with Crippen molar-refractivity contribution in [3.8, 4) is 11.3 Å². The molecule has 0 bridgehead atoms. The SMILES string of the molecule is Cc1ccc(/C=C/c2cc3c(cn2)CCc2c-3nn3c2C(=O)NCC3)cc1. The van der Waals surface area contributed by atoms with Gasteiger partial charge in [0, 0.05) is 23.9 Å². The number of nitrogens with one attached hydrogen (secondary N) is 1. The third kappa shape index (κ3) is 2.76. The summed E-state index contributed by atoms with van der Waals surface area (Å²) in [6.07, 6.45) is 7.78. The van der Waals surface area contributed by atoms with Crippen LogP contribution in [0.1, 0.15) is 38.4 Å². The standard InChI is InChI=1S/C22H20N4O/c1-14-2-4-15(5-3-14)6-8-17-12-19-16(13-24-17)7-9-18-20(19)25-26-11-10-23-22(27)21(18)26/h2-6,8,12-13H,7,9-11H2,1H3,(H,23,27)/b8-6+. The van der Waals surface area contributed by atoms with Crippen molar-refractivity contribution in [2.24, 2.45) is 0 Å². The Labute approximate surface area is 157 Å². The van der Waals surface area contributed by atoms with Gasteiger partial charge in [-0.1, -0.05) is 35.9 Å². The maximum Gasteiger partial charge on any atom is 0.269 e. The maximum absolute atomic E-state index is 12.3. The summed E-state index contributed by atoms with van der Waals surface area (Å²) in [6.45, 7) is 3.45. The first-order valence-corrected chi connectivity index (χ1v) is 9.31. The average molecular weight is 356 g/mol. The van der Waals surface area contributed by atoms with Gasteiger partial charge in [-0.05, 0) is 43.0 Å². The zero-order chi connectivity index (χ0) is 18.4. The van der Waals surface area contributed by atoms with Crippen LogP contribution in [0.25, 0.3) is 23.4 Å². The summed E-state index contributed by atoms with van der Waals surface area (Å²) in [7, 11) is 0. The fourth-order valence-electron chi connectivity index (χ4n) is 3.86. The maximum atomic E-state index is 12.3. The van der Waals surface area contributed by atoms with Gasteiger partial charge in [0.05, 0.1) is 17.9 Å². The second-order valence-corrected chi connectivity index (χ2v) is 7.17. The molecule has 5 nitrogen and oxygen atoms in total. The van der Waals surface area contributed by atoms with E-state index >= 15 is 0 Å². The highest BCUT2D eigenvalue weighted by Gasteiger charge is 2.30. The van der Waals surface area contributed by atoms with Crippen molar-refractivity contribution in [3.05, 3.63) is 70.2 Å². The van der Waals surface area contributed by atoms with Crippen LogP contribution in [0.3, 0.4) is 0 Å². The van der Waals surface area contributed by atoms with Gasteiger partial charge in [0.25, 0.3) is 5.91 Å². The highest BCUT2D eigenvalue weighted by atomic mass is 16.2. The largest absolute Gasteiger partial charge is 0.349 e. The van der Waals surface area contributed by atoms with Crippen LogP contribution in [0, 0.1) is 6.92 Å². The Morgan fingerprint density at radius 2 is 2.00 bits per heavy atom. The molecule has 1 aliphatic carbocycles. The molecule has 1 aromatic carbocycles. The number of nitrogens with zero attached hydrogens (tertiary/aromatic N) is 3. The van der Waals surface area contributed by atoms with E-state index in [1.807, 2.05) is 17.0 Å². The van der Waals surface area contributed by atoms with Crippen LogP contribution in [-0.4, -0.2) is 27.2 Å². The molecule has 0 atom stereocenters. The van der Waals surface area contributed by atoms with Crippen molar-refractivity contribution in [3.63, 3.8) is 0 Å². The molecule has 2 aliphatic rings. The van der Waals surface area contributed by atoms with E-state index in [1.54, 1.807) is 0 Å². The van der Waals surface area contributed by atoms with Crippen LogP contribution >= 0.6 is 0 Å². The topological polar surface area (TPSA) is 59.8 Å². The summed E-state index contributed by atoms with van der Waals surface area (Å²) in [5, 5.41) is 7.69. The van der Waals surface area contributed by atoms with Crippen molar-refractivity contribution >= 4 is 18.1 Å². The first kappa shape index (κ1) is 16.0. The minimum atomic E-state index is -0.00741. The summed E-state index contributed by atoms with van der Waals surface area (Å²) < 4.78 is 1.86. The Bertz CT molecular complexity index is 1080. The van der Waals surface area contributed by atoms with Gasteiger partial charge in [-0.15, -0.1) is 0 Å². The van der Waals surface area contributed by atoms with E-state index in [-0.39, 0.29) is 5.91 Å². The molecule has 0 unspecified atom stereocenters. The summed E-state index contributed by atoms with van der Waals surface area (Å²) >= 11 is 0. The van der Waals surface area contributed by atoms with Gasteiger partial charge < -0.3 is 5.32 Å². The predicted molar refractivity (Wildman–Crippen MR) is 105 cm³/mol. The van der Waals surface area contributed by atoms with Gasteiger partial charge in [0.15, 0.2) is 0 Å². The van der Waals surface area contributed by atoms with Gasteiger partial charge in [-0.25, -0.2) is 0 Å². The number of carbonyl (C=O) groups excluding carboxylic acids is 1. The highest BCUT2D eigenvalue weighted by molar-refractivity contribution is 5.97. The number of aromatic nitrogens is 3. The average Bonchev–Trinajstić information content (AvgIpc) is 3.08. The second-order valence-electron chi connectivity index (χ2n) is 7.17. The van der Waals surface area contributed by atoms with Crippen molar-refractivity contribution < 1.29 is 4.79 Å². The van der Waals surface area contributed by atoms with Crippen LogP contribution in [0.4, 0.5) is 0 Å². The second kappa shape index (κ2) is 6.20. The Kier molecular flexibility index (Phi) is 3.67. The summed E-state index contributed by atoms with van der Waals surface area (Å²) in [4.78, 5) is 16.9. The Hall–Kier alpha value is -3.21. The number of hydrogen-bond donors (Lipinski definition) is 1. The van der Waals surface area contributed by atoms with Gasteiger partial charge in [0.1, 0.15) is 5.69 Å². The molecule has 0 radical (unpaired) electrons. The first-order chi connectivity index (χ1) is 13.2. The molecule has 1 aliphatic heterocycles. The molecule has 0 saturated heterocycles.